The van der Waals surface area contributed by atoms with Crippen LogP contribution in [-0.4, -0.2) is 67.3 Å². The number of nitrogens with one attached hydrogen (secondary N) is 1. The van der Waals surface area contributed by atoms with Crippen molar-refractivity contribution >= 4 is 46.5 Å². The van der Waals surface area contributed by atoms with E-state index in [1.165, 1.54) is 0 Å². The molecular formula is C28H28ClN7O2. The highest BCUT2D eigenvalue weighted by Gasteiger charge is 2.34. The zero-order valence-corrected chi connectivity index (χ0v) is 22.1. The van der Waals surface area contributed by atoms with Crippen LogP contribution < -0.4 is 24.8 Å². The number of amides is 2. The van der Waals surface area contributed by atoms with Gasteiger partial charge < -0.3 is 19.9 Å². The SMILES string of the molecule is Cc1cc#cc(Cl)c1N1Cc2cnc3nc2N(C/C=C/COc2cc(ccc2N2CCN(C)CC2)N3)C1=O. The Kier molecular flexibility index (Phi) is 6.44. The van der Waals surface area contributed by atoms with Crippen LogP contribution in [0.3, 0.4) is 0 Å². The maximum absolute atomic E-state index is 13.7. The molecule has 4 bridgehead atoms. The molecule has 1 aromatic heterocycles. The molecule has 0 radical (unpaired) electrons. The number of carbonyl (C=O) groups is 1. The maximum Gasteiger partial charge on any atom is 0.330 e. The third kappa shape index (κ3) is 4.57. The highest BCUT2D eigenvalue weighted by molar-refractivity contribution is 6.33. The minimum atomic E-state index is -0.217. The molecule has 194 valence electrons. The lowest BCUT2D eigenvalue weighted by Gasteiger charge is -2.36. The fourth-order valence-electron chi connectivity index (χ4n) is 4.99. The van der Waals surface area contributed by atoms with E-state index in [1.807, 2.05) is 31.2 Å². The lowest BCUT2D eigenvalue weighted by Crippen LogP contribution is -2.48. The molecule has 0 unspecified atom stereocenters. The molecule has 4 heterocycles. The summed E-state index contributed by atoms with van der Waals surface area (Å²) in [6.45, 7) is 6.81. The van der Waals surface area contributed by atoms with Gasteiger partial charge in [0.25, 0.3) is 0 Å². The van der Waals surface area contributed by atoms with E-state index in [0.29, 0.717) is 42.2 Å². The zero-order chi connectivity index (χ0) is 26.2. The molecule has 2 aromatic carbocycles. The van der Waals surface area contributed by atoms with Crippen molar-refractivity contribution in [2.45, 2.75) is 13.5 Å². The summed E-state index contributed by atoms with van der Waals surface area (Å²) < 4.78 is 6.22. The highest BCUT2D eigenvalue weighted by Crippen LogP contribution is 2.37. The van der Waals surface area contributed by atoms with Crippen molar-refractivity contribution in [1.29, 1.82) is 0 Å². The maximum atomic E-state index is 13.7. The van der Waals surface area contributed by atoms with Crippen molar-refractivity contribution in [2.24, 2.45) is 0 Å². The topological polar surface area (TPSA) is 77.1 Å². The molecule has 1 saturated heterocycles. The number of urea groups is 1. The summed E-state index contributed by atoms with van der Waals surface area (Å²) >= 11 is 6.45. The fourth-order valence-corrected chi connectivity index (χ4v) is 5.29. The Morgan fingerprint density at radius 1 is 1.13 bits per heavy atom. The van der Waals surface area contributed by atoms with Crippen LogP contribution in [0.1, 0.15) is 11.1 Å². The second kappa shape index (κ2) is 10.0. The summed E-state index contributed by atoms with van der Waals surface area (Å²) in [5, 5.41) is 3.65. The Hall–Kier alpha value is -4.00. The molecular weight excluding hydrogens is 502 g/mol. The number of likely N-dealkylation sites (N-methyl/N-ethyl adjacent to an activating group) is 1. The van der Waals surface area contributed by atoms with E-state index in [1.54, 1.807) is 22.1 Å². The molecule has 3 aromatic rings. The van der Waals surface area contributed by atoms with Crippen LogP contribution in [0.5, 0.6) is 5.75 Å². The standard InChI is InChI=1S/C28H28ClN7O2/c1-19-6-5-7-22(29)25(19)36-18-20-17-30-27-31-21-8-9-23(34-13-11-33(2)12-14-34)24(16-21)38-15-4-3-10-35(28(36)37)26(20)32-27/h3-4,6,8-9,16-17H,10-15,18H2,1-2H3,(H,30,31,32)/b4-3+. The smallest absolute Gasteiger partial charge is 0.330 e. The molecule has 2 amide bonds. The summed E-state index contributed by atoms with van der Waals surface area (Å²) in [6.07, 6.45) is 5.62. The molecule has 0 spiro atoms. The molecule has 0 aliphatic carbocycles. The summed E-state index contributed by atoms with van der Waals surface area (Å²) in [5.41, 5.74) is 4.17. The van der Waals surface area contributed by atoms with Gasteiger partial charge in [0, 0.05) is 56.2 Å². The number of hydrogen-bond acceptors (Lipinski definition) is 7. The number of aromatic nitrogens is 2. The van der Waals surface area contributed by atoms with Crippen molar-refractivity contribution in [3.63, 3.8) is 0 Å². The van der Waals surface area contributed by atoms with Crippen LogP contribution >= 0.6 is 11.6 Å². The van der Waals surface area contributed by atoms with Crippen molar-refractivity contribution < 1.29 is 9.53 Å². The Labute approximate surface area is 227 Å². The first-order chi connectivity index (χ1) is 18.5. The predicted octanol–water partition coefficient (Wildman–Crippen LogP) is 4.43. The molecule has 3 aliphatic rings. The number of halogens is 1. The Morgan fingerprint density at radius 3 is 2.79 bits per heavy atom. The first kappa shape index (κ1) is 24.3. The second-order valence-corrected chi connectivity index (χ2v) is 10.0. The molecule has 1 N–H and O–H groups in total. The summed E-state index contributed by atoms with van der Waals surface area (Å²) in [7, 11) is 2.14. The first-order valence-corrected chi connectivity index (χ1v) is 13.0. The Balaban J connectivity index is 1.34. The van der Waals surface area contributed by atoms with Crippen molar-refractivity contribution in [2.75, 3.05) is 66.4 Å². The largest absolute Gasteiger partial charge is 0.487 e. The first-order valence-electron chi connectivity index (χ1n) is 12.6. The van der Waals surface area contributed by atoms with Crippen LogP contribution in [0.15, 0.2) is 42.6 Å². The lowest BCUT2D eigenvalue weighted by atomic mass is 10.1. The Bertz CT molecular complexity index is 1380. The monoisotopic (exact) mass is 529 g/mol. The molecule has 6 rings (SSSR count). The van der Waals surface area contributed by atoms with Gasteiger partial charge in [-0.15, -0.1) is 0 Å². The fraction of sp³-hybridized carbons (Fsp3) is 0.321. The van der Waals surface area contributed by atoms with Crippen LogP contribution in [-0.2, 0) is 6.54 Å². The van der Waals surface area contributed by atoms with E-state index in [-0.39, 0.29) is 6.03 Å². The van der Waals surface area contributed by atoms with Gasteiger partial charge in [-0.3, -0.25) is 9.80 Å². The van der Waals surface area contributed by atoms with Gasteiger partial charge in [-0.05, 0) is 49.9 Å². The van der Waals surface area contributed by atoms with Gasteiger partial charge in [0.05, 0.1) is 17.9 Å². The number of carbonyl (C=O) groups excluding carboxylic acids is 1. The van der Waals surface area contributed by atoms with Crippen LogP contribution in [0.25, 0.3) is 0 Å². The molecule has 38 heavy (non-hydrogen) atoms. The average Bonchev–Trinajstić information content (AvgIpc) is 2.91. The number of piperazine rings is 1. The van der Waals surface area contributed by atoms with E-state index in [9.17, 15) is 4.79 Å². The van der Waals surface area contributed by atoms with Gasteiger partial charge >= 0.3 is 6.03 Å². The lowest BCUT2D eigenvalue weighted by molar-refractivity contribution is 0.250. The predicted molar refractivity (Wildman–Crippen MR) is 149 cm³/mol. The van der Waals surface area contributed by atoms with Crippen LogP contribution in [0, 0.1) is 19.1 Å². The molecule has 1 fully saturated rings. The zero-order valence-electron chi connectivity index (χ0n) is 21.4. The van der Waals surface area contributed by atoms with E-state index in [2.05, 4.69) is 45.3 Å². The summed E-state index contributed by atoms with van der Waals surface area (Å²) in [6, 6.07) is 13.4. The number of fused-ring (bicyclic) bond motifs is 3. The normalized spacial score (nSPS) is 18.4. The minimum Gasteiger partial charge on any atom is -0.487 e. The van der Waals surface area contributed by atoms with Gasteiger partial charge in [-0.1, -0.05) is 23.7 Å². The van der Waals surface area contributed by atoms with E-state index in [0.717, 1.165) is 54.4 Å². The third-order valence-electron chi connectivity index (χ3n) is 7.06. The van der Waals surface area contributed by atoms with Crippen molar-refractivity contribution in [1.82, 2.24) is 14.9 Å². The number of aryl methyl sites for hydroxylation is 1. The quantitative estimate of drug-likeness (QED) is 0.492. The Morgan fingerprint density at radius 2 is 1.97 bits per heavy atom. The molecule has 10 heteroatoms. The van der Waals surface area contributed by atoms with Crippen LogP contribution in [0.2, 0.25) is 5.02 Å². The van der Waals surface area contributed by atoms with Crippen molar-refractivity contribution in [3.05, 3.63) is 70.9 Å². The van der Waals surface area contributed by atoms with Gasteiger partial charge in [0.2, 0.25) is 5.95 Å². The highest BCUT2D eigenvalue weighted by atomic mass is 35.5. The number of benzene rings is 1. The van der Waals surface area contributed by atoms with Gasteiger partial charge in [0.1, 0.15) is 23.2 Å². The number of nitrogens with zero attached hydrogens (tertiary/aromatic N) is 6. The molecule has 0 atom stereocenters. The van der Waals surface area contributed by atoms with Crippen LogP contribution in [0.4, 0.5) is 33.6 Å². The number of hydrogen-bond donors (Lipinski definition) is 1. The number of anilines is 5. The number of rotatable bonds is 2. The summed E-state index contributed by atoms with van der Waals surface area (Å²) in [5.74, 6) is 1.78. The van der Waals surface area contributed by atoms with E-state index < -0.39 is 0 Å². The van der Waals surface area contributed by atoms with Gasteiger partial charge in [-0.25, -0.2) is 9.78 Å². The average molecular weight is 530 g/mol. The van der Waals surface area contributed by atoms with E-state index in [4.69, 9.17) is 21.3 Å². The minimum absolute atomic E-state index is 0.217. The summed E-state index contributed by atoms with van der Waals surface area (Å²) in [4.78, 5) is 31.0. The number of ether oxygens (including phenoxy) is 1. The third-order valence-corrected chi connectivity index (χ3v) is 7.33. The van der Waals surface area contributed by atoms with Gasteiger partial charge in [0.15, 0.2) is 0 Å². The van der Waals surface area contributed by atoms with Crippen molar-refractivity contribution in [3.8, 4) is 5.75 Å². The van der Waals surface area contributed by atoms with Gasteiger partial charge in [-0.2, -0.15) is 4.98 Å². The van der Waals surface area contributed by atoms with E-state index >= 15 is 0 Å². The molecule has 0 saturated carbocycles. The molecule has 9 nitrogen and oxygen atoms in total. The molecule has 3 aliphatic heterocycles. The second-order valence-electron chi connectivity index (χ2n) is 9.66.